The molecule has 0 aliphatic heterocycles. The molecule has 1 rings (SSSR count). The number of alkyl halides is 3. The van der Waals surface area contributed by atoms with Gasteiger partial charge in [-0.05, 0) is 12.1 Å². The fourth-order valence-corrected chi connectivity index (χ4v) is 1.14. The molecule has 16 heavy (non-hydrogen) atoms. The number of halogens is 3. The van der Waals surface area contributed by atoms with Crippen molar-refractivity contribution in [2.45, 2.75) is 12.6 Å². The van der Waals surface area contributed by atoms with Crippen LogP contribution in [0.1, 0.15) is 12.0 Å². The van der Waals surface area contributed by atoms with Crippen LogP contribution in [0, 0.1) is 11.3 Å². The Morgan fingerprint density at radius 1 is 1.50 bits per heavy atom. The van der Waals surface area contributed by atoms with Crippen LogP contribution in [0.15, 0.2) is 18.3 Å². The third kappa shape index (κ3) is 3.12. The van der Waals surface area contributed by atoms with E-state index in [0.29, 0.717) is 6.54 Å². The Labute approximate surface area is 91.1 Å². The van der Waals surface area contributed by atoms with Crippen molar-refractivity contribution in [2.75, 3.05) is 18.5 Å². The van der Waals surface area contributed by atoms with E-state index in [2.05, 4.69) is 4.98 Å². The van der Waals surface area contributed by atoms with E-state index in [4.69, 9.17) is 5.26 Å². The van der Waals surface area contributed by atoms with Gasteiger partial charge < -0.3 is 4.90 Å². The molecular weight excluding hydrogens is 219 g/mol. The fourth-order valence-electron chi connectivity index (χ4n) is 1.14. The maximum absolute atomic E-state index is 12.4. The molecule has 1 heterocycles. The van der Waals surface area contributed by atoms with Gasteiger partial charge in [-0.2, -0.15) is 18.4 Å². The van der Waals surface area contributed by atoms with Crippen molar-refractivity contribution in [2.24, 2.45) is 0 Å². The molecule has 0 amide bonds. The minimum absolute atomic E-state index is 0.213. The van der Waals surface area contributed by atoms with Crippen LogP contribution in [0.25, 0.3) is 0 Å². The molecule has 0 aliphatic rings. The fraction of sp³-hybridized carbons (Fsp3) is 0.400. The number of anilines is 1. The van der Waals surface area contributed by atoms with E-state index in [9.17, 15) is 13.2 Å². The van der Waals surface area contributed by atoms with Gasteiger partial charge in [0.1, 0.15) is 5.82 Å². The van der Waals surface area contributed by atoms with E-state index in [0.717, 1.165) is 18.3 Å². The van der Waals surface area contributed by atoms with Gasteiger partial charge in [0.15, 0.2) is 0 Å². The van der Waals surface area contributed by atoms with Crippen molar-refractivity contribution in [1.29, 1.82) is 5.26 Å². The van der Waals surface area contributed by atoms with Gasteiger partial charge in [0.2, 0.25) is 0 Å². The number of rotatable bonds is 3. The van der Waals surface area contributed by atoms with Gasteiger partial charge in [-0.1, -0.05) is 0 Å². The summed E-state index contributed by atoms with van der Waals surface area (Å²) < 4.78 is 37.2. The molecule has 1 aromatic heterocycles. The summed E-state index contributed by atoms with van der Waals surface area (Å²) in [5, 5.41) is 8.37. The molecule has 0 aromatic carbocycles. The monoisotopic (exact) mass is 229 g/mol. The van der Waals surface area contributed by atoms with Gasteiger partial charge in [0.25, 0.3) is 0 Å². The summed E-state index contributed by atoms with van der Waals surface area (Å²) in [7, 11) is 1.60. The Balaban J connectivity index is 2.87. The molecule has 0 radical (unpaired) electrons. The van der Waals surface area contributed by atoms with Crippen LogP contribution in [0.3, 0.4) is 0 Å². The van der Waals surface area contributed by atoms with Crippen molar-refractivity contribution >= 4 is 5.82 Å². The first-order valence-electron chi connectivity index (χ1n) is 4.56. The number of nitrogens with zero attached hydrogens (tertiary/aromatic N) is 3. The summed E-state index contributed by atoms with van der Waals surface area (Å²) in [6.07, 6.45) is -3.01. The second kappa shape index (κ2) is 4.84. The van der Waals surface area contributed by atoms with Gasteiger partial charge in [0, 0.05) is 19.8 Å². The van der Waals surface area contributed by atoms with Gasteiger partial charge in [-0.3, -0.25) is 0 Å². The average molecular weight is 229 g/mol. The van der Waals surface area contributed by atoms with Gasteiger partial charge in [-0.15, -0.1) is 0 Å². The van der Waals surface area contributed by atoms with Gasteiger partial charge in [-0.25, -0.2) is 4.98 Å². The maximum Gasteiger partial charge on any atom is 0.416 e. The summed E-state index contributed by atoms with van der Waals surface area (Å²) in [5.74, 6) is 0.213. The SMILES string of the molecule is CN(CCC#N)c1cc(C(F)(F)F)ccn1. The second-order valence-corrected chi connectivity index (χ2v) is 3.23. The van der Waals surface area contributed by atoms with Crippen LogP contribution in [0.2, 0.25) is 0 Å². The average Bonchev–Trinajstić information content (AvgIpc) is 2.25. The summed E-state index contributed by atoms with van der Waals surface area (Å²) >= 11 is 0. The van der Waals surface area contributed by atoms with Crippen LogP contribution in [-0.2, 0) is 6.18 Å². The van der Waals surface area contributed by atoms with Crippen molar-refractivity contribution in [1.82, 2.24) is 4.98 Å². The molecule has 6 heteroatoms. The number of aromatic nitrogens is 1. The highest BCUT2D eigenvalue weighted by Gasteiger charge is 2.30. The van der Waals surface area contributed by atoms with E-state index >= 15 is 0 Å². The first-order chi connectivity index (χ1) is 7.45. The highest BCUT2D eigenvalue weighted by Crippen LogP contribution is 2.30. The zero-order valence-electron chi connectivity index (χ0n) is 8.62. The lowest BCUT2D eigenvalue weighted by Gasteiger charge is -2.17. The quantitative estimate of drug-likeness (QED) is 0.799. The number of hydrogen-bond donors (Lipinski definition) is 0. The topological polar surface area (TPSA) is 39.9 Å². The standard InChI is InChI=1S/C10H10F3N3/c1-16(6-2-4-14)9-7-8(3-5-15-9)10(11,12)13/h3,5,7H,2,6H2,1H3. The molecular formula is C10H10F3N3. The predicted molar refractivity (Wildman–Crippen MR) is 52.7 cm³/mol. The van der Waals surface area contributed by atoms with Crippen LogP contribution in [0.4, 0.5) is 19.0 Å². The minimum atomic E-state index is -4.37. The summed E-state index contributed by atoms with van der Waals surface area (Å²) in [6, 6.07) is 3.81. The molecule has 0 N–H and O–H groups in total. The molecule has 0 fully saturated rings. The van der Waals surface area contributed by atoms with Crippen molar-refractivity contribution in [3.63, 3.8) is 0 Å². The van der Waals surface area contributed by atoms with Crippen molar-refractivity contribution in [3.8, 4) is 6.07 Å². The highest BCUT2D eigenvalue weighted by molar-refractivity contribution is 5.40. The van der Waals surface area contributed by atoms with Crippen LogP contribution >= 0.6 is 0 Å². The van der Waals surface area contributed by atoms with Gasteiger partial charge >= 0.3 is 6.18 Å². The molecule has 0 bridgehead atoms. The number of pyridine rings is 1. The third-order valence-electron chi connectivity index (χ3n) is 2.02. The first-order valence-corrected chi connectivity index (χ1v) is 4.56. The van der Waals surface area contributed by atoms with E-state index in [-0.39, 0.29) is 12.2 Å². The zero-order valence-corrected chi connectivity index (χ0v) is 8.62. The Morgan fingerprint density at radius 2 is 2.19 bits per heavy atom. The summed E-state index contributed by atoms with van der Waals surface area (Å²) in [5.41, 5.74) is -0.735. The first kappa shape index (κ1) is 12.3. The molecule has 0 unspecified atom stereocenters. The molecule has 0 spiro atoms. The summed E-state index contributed by atoms with van der Waals surface area (Å²) in [4.78, 5) is 5.33. The van der Waals surface area contributed by atoms with E-state index in [1.54, 1.807) is 7.05 Å². The molecule has 0 saturated heterocycles. The number of nitriles is 1. The molecule has 0 aliphatic carbocycles. The molecule has 0 saturated carbocycles. The second-order valence-electron chi connectivity index (χ2n) is 3.23. The van der Waals surface area contributed by atoms with Crippen LogP contribution < -0.4 is 4.90 Å². The Kier molecular flexibility index (Phi) is 3.72. The molecule has 0 atom stereocenters. The highest BCUT2D eigenvalue weighted by atomic mass is 19.4. The van der Waals surface area contributed by atoms with E-state index < -0.39 is 11.7 Å². The largest absolute Gasteiger partial charge is 0.416 e. The van der Waals surface area contributed by atoms with Crippen LogP contribution in [0.5, 0.6) is 0 Å². The summed E-state index contributed by atoms with van der Waals surface area (Å²) in [6.45, 7) is 0.352. The van der Waals surface area contributed by atoms with E-state index in [1.807, 2.05) is 6.07 Å². The normalized spacial score (nSPS) is 10.9. The Morgan fingerprint density at radius 3 is 2.75 bits per heavy atom. The lowest BCUT2D eigenvalue weighted by Crippen LogP contribution is -2.20. The smallest absolute Gasteiger partial charge is 0.359 e. The lowest BCUT2D eigenvalue weighted by atomic mass is 10.2. The third-order valence-corrected chi connectivity index (χ3v) is 2.02. The molecule has 86 valence electrons. The Hall–Kier alpha value is -1.77. The van der Waals surface area contributed by atoms with Crippen molar-refractivity contribution < 1.29 is 13.2 Å². The predicted octanol–water partition coefficient (Wildman–Crippen LogP) is 2.45. The Bertz CT molecular complexity index is 395. The minimum Gasteiger partial charge on any atom is -0.359 e. The lowest BCUT2D eigenvalue weighted by molar-refractivity contribution is -0.137. The zero-order chi connectivity index (χ0) is 12.2. The molecule has 1 aromatic rings. The van der Waals surface area contributed by atoms with E-state index in [1.165, 1.54) is 4.90 Å². The molecule has 3 nitrogen and oxygen atoms in total. The van der Waals surface area contributed by atoms with Gasteiger partial charge in [0.05, 0.1) is 18.1 Å². The van der Waals surface area contributed by atoms with Crippen LogP contribution in [-0.4, -0.2) is 18.6 Å². The number of hydrogen-bond acceptors (Lipinski definition) is 3. The maximum atomic E-state index is 12.4. The van der Waals surface area contributed by atoms with Crippen molar-refractivity contribution in [3.05, 3.63) is 23.9 Å².